The molecule has 0 aromatic carbocycles. The summed E-state index contributed by atoms with van der Waals surface area (Å²) in [5.41, 5.74) is 6.05. The molecule has 14 heavy (non-hydrogen) atoms. The monoisotopic (exact) mass is 197 g/mol. The predicted octanol–water partition coefficient (Wildman–Crippen LogP) is 0.360. The Morgan fingerprint density at radius 2 is 2.07 bits per heavy atom. The highest BCUT2D eigenvalue weighted by Gasteiger charge is 2.34. The highest BCUT2D eigenvalue weighted by atomic mass is 15.3. The van der Waals surface area contributed by atoms with Gasteiger partial charge in [-0.05, 0) is 25.4 Å². The van der Waals surface area contributed by atoms with Crippen molar-refractivity contribution in [2.45, 2.75) is 32.4 Å². The SMILES string of the molecule is CCN1CCC(N2CC(C)C(N)C2)C1. The maximum atomic E-state index is 6.05. The van der Waals surface area contributed by atoms with Crippen molar-refractivity contribution in [2.24, 2.45) is 11.7 Å². The van der Waals surface area contributed by atoms with E-state index in [4.69, 9.17) is 5.73 Å². The quantitative estimate of drug-likeness (QED) is 0.694. The highest BCUT2D eigenvalue weighted by Crippen LogP contribution is 2.22. The summed E-state index contributed by atoms with van der Waals surface area (Å²) in [6.07, 6.45) is 1.34. The van der Waals surface area contributed by atoms with Gasteiger partial charge in [-0.25, -0.2) is 0 Å². The van der Waals surface area contributed by atoms with Gasteiger partial charge in [-0.15, -0.1) is 0 Å². The zero-order valence-electron chi connectivity index (χ0n) is 9.45. The minimum Gasteiger partial charge on any atom is -0.326 e. The molecule has 0 aromatic rings. The first-order chi connectivity index (χ1) is 6.70. The number of nitrogens with two attached hydrogens (primary N) is 1. The van der Waals surface area contributed by atoms with Gasteiger partial charge in [0, 0.05) is 31.7 Å². The Hall–Kier alpha value is -0.120. The Morgan fingerprint density at radius 1 is 1.29 bits per heavy atom. The summed E-state index contributed by atoms with van der Waals surface area (Å²) in [6.45, 7) is 10.6. The van der Waals surface area contributed by atoms with E-state index in [0.29, 0.717) is 12.0 Å². The van der Waals surface area contributed by atoms with Gasteiger partial charge in [0.25, 0.3) is 0 Å². The smallest absolute Gasteiger partial charge is 0.0236 e. The molecule has 0 radical (unpaired) electrons. The van der Waals surface area contributed by atoms with Gasteiger partial charge in [0.1, 0.15) is 0 Å². The molecule has 0 aromatic heterocycles. The van der Waals surface area contributed by atoms with Crippen molar-refractivity contribution in [3.05, 3.63) is 0 Å². The average Bonchev–Trinajstić information content (AvgIpc) is 2.74. The van der Waals surface area contributed by atoms with E-state index in [1.807, 2.05) is 0 Å². The summed E-state index contributed by atoms with van der Waals surface area (Å²) in [5.74, 6) is 0.686. The van der Waals surface area contributed by atoms with Gasteiger partial charge in [-0.2, -0.15) is 0 Å². The van der Waals surface area contributed by atoms with E-state index in [-0.39, 0.29) is 0 Å². The normalized spacial score (nSPS) is 40.9. The van der Waals surface area contributed by atoms with E-state index in [2.05, 4.69) is 23.6 Å². The summed E-state index contributed by atoms with van der Waals surface area (Å²) in [5, 5.41) is 0. The fraction of sp³-hybridized carbons (Fsp3) is 1.00. The van der Waals surface area contributed by atoms with Crippen LogP contribution < -0.4 is 5.73 Å². The molecule has 2 N–H and O–H groups in total. The van der Waals surface area contributed by atoms with Crippen molar-refractivity contribution < 1.29 is 0 Å². The Morgan fingerprint density at radius 3 is 2.57 bits per heavy atom. The molecule has 2 aliphatic rings. The van der Waals surface area contributed by atoms with Gasteiger partial charge in [-0.3, -0.25) is 4.90 Å². The molecule has 0 saturated carbocycles. The number of hydrogen-bond donors (Lipinski definition) is 1. The second-order valence-corrected chi connectivity index (χ2v) is 4.93. The van der Waals surface area contributed by atoms with Crippen LogP contribution in [0.3, 0.4) is 0 Å². The predicted molar refractivity (Wildman–Crippen MR) is 59.2 cm³/mol. The number of hydrogen-bond acceptors (Lipinski definition) is 3. The average molecular weight is 197 g/mol. The van der Waals surface area contributed by atoms with E-state index in [1.165, 1.54) is 32.6 Å². The molecule has 0 spiro atoms. The zero-order chi connectivity index (χ0) is 10.1. The maximum absolute atomic E-state index is 6.05. The molecular formula is C11H23N3. The van der Waals surface area contributed by atoms with Gasteiger partial charge >= 0.3 is 0 Å². The molecular weight excluding hydrogens is 174 g/mol. The third-order valence-electron chi connectivity index (χ3n) is 3.91. The summed E-state index contributed by atoms with van der Waals surface area (Å²) in [7, 11) is 0. The van der Waals surface area contributed by atoms with E-state index in [9.17, 15) is 0 Å². The lowest BCUT2D eigenvalue weighted by molar-refractivity contribution is 0.228. The summed E-state index contributed by atoms with van der Waals surface area (Å²) >= 11 is 0. The molecule has 2 rings (SSSR count). The Kier molecular flexibility index (Phi) is 3.10. The Balaban J connectivity index is 1.86. The first kappa shape index (κ1) is 10.4. The van der Waals surface area contributed by atoms with Gasteiger partial charge < -0.3 is 10.6 Å². The van der Waals surface area contributed by atoms with Gasteiger partial charge in [-0.1, -0.05) is 13.8 Å². The lowest BCUT2D eigenvalue weighted by Gasteiger charge is -2.23. The largest absolute Gasteiger partial charge is 0.326 e. The molecule has 0 bridgehead atoms. The highest BCUT2D eigenvalue weighted by molar-refractivity contribution is 4.91. The van der Waals surface area contributed by atoms with Crippen LogP contribution in [0.5, 0.6) is 0 Å². The van der Waals surface area contributed by atoms with Gasteiger partial charge in [0.05, 0.1) is 0 Å². The molecule has 2 aliphatic heterocycles. The van der Waals surface area contributed by atoms with Crippen LogP contribution in [0, 0.1) is 5.92 Å². The molecule has 3 atom stereocenters. The zero-order valence-corrected chi connectivity index (χ0v) is 9.45. The van der Waals surface area contributed by atoms with Crippen LogP contribution in [0.1, 0.15) is 20.3 Å². The molecule has 0 amide bonds. The van der Waals surface area contributed by atoms with Gasteiger partial charge in [0.15, 0.2) is 0 Å². The van der Waals surface area contributed by atoms with Crippen LogP contribution in [0.4, 0.5) is 0 Å². The van der Waals surface area contributed by atoms with Crippen molar-refractivity contribution in [2.75, 3.05) is 32.7 Å². The van der Waals surface area contributed by atoms with E-state index in [1.54, 1.807) is 0 Å². The van der Waals surface area contributed by atoms with Crippen molar-refractivity contribution in [3.8, 4) is 0 Å². The first-order valence-electron chi connectivity index (χ1n) is 5.92. The first-order valence-corrected chi connectivity index (χ1v) is 5.92. The third-order valence-corrected chi connectivity index (χ3v) is 3.91. The number of likely N-dealkylation sites (N-methyl/N-ethyl adjacent to an activating group) is 1. The van der Waals surface area contributed by atoms with Crippen LogP contribution >= 0.6 is 0 Å². The third kappa shape index (κ3) is 1.95. The standard InChI is InChI=1S/C11H23N3/c1-3-13-5-4-10(7-13)14-6-9(2)11(12)8-14/h9-11H,3-8,12H2,1-2H3. The van der Waals surface area contributed by atoms with Crippen LogP contribution in [-0.4, -0.2) is 54.6 Å². The van der Waals surface area contributed by atoms with Crippen LogP contribution in [0.25, 0.3) is 0 Å². The summed E-state index contributed by atoms with van der Waals surface area (Å²) < 4.78 is 0. The fourth-order valence-electron chi connectivity index (χ4n) is 2.73. The molecule has 2 fully saturated rings. The van der Waals surface area contributed by atoms with Crippen molar-refractivity contribution in [3.63, 3.8) is 0 Å². The molecule has 3 nitrogen and oxygen atoms in total. The fourth-order valence-corrected chi connectivity index (χ4v) is 2.73. The van der Waals surface area contributed by atoms with Crippen LogP contribution in [-0.2, 0) is 0 Å². The summed E-state index contributed by atoms with van der Waals surface area (Å²) in [6, 6.07) is 1.19. The second kappa shape index (κ2) is 4.17. The number of rotatable bonds is 2. The van der Waals surface area contributed by atoms with Crippen molar-refractivity contribution in [1.82, 2.24) is 9.80 Å². The van der Waals surface area contributed by atoms with Crippen molar-refractivity contribution >= 4 is 0 Å². The number of likely N-dealkylation sites (tertiary alicyclic amines) is 2. The maximum Gasteiger partial charge on any atom is 0.0236 e. The lowest BCUT2D eigenvalue weighted by Crippen LogP contribution is -2.37. The molecule has 82 valence electrons. The summed E-state index contributed by atoms with van der Waals surface area (Å²) in [4.78, 5) is 5.14. The Labute approximate surface area is 87.2 Å². The van der Waals surface area contributed by atoms with Gasteiger partial charge in [0.2, 0.25) is 0 Å². The van der Waals surface area contributed by atoms with E-state index < -0.39 is 0 Å². The lowest BCUT2D eigenvalue weighted by atomic mass is 10.1. The molecule has 3 heteroatoms. The van der Waals surface area contributed by atoms with Crippen molar-refractivity contribution in [1.29, 1.82) is 0 Å². The second-order valence-electron chi connectivity index (χ2n) is 4.93. The minimum atomic E-state index is 0.408. The molecule has 0 aliphatic carbocycles. The minimum absolute atomic E-state index is 0.408. The van der Waals surface area contributed by atoms with Crippen LogP contribution in [0.2, 0.25) is 0 Å². The molecule has 2 heterocycles. The van der Waals surface area contributed by atoms with Crippen LogP contribution in [0.15, 0.2) is 0 Å². The molecule has 2 saturated heterocycles. The topological polar surface area (TPSA) is 32.5 Å². The van der Waals surface area contributed by atoms with E-state index in [0.717, 1.165) is 12.6 Å². The molecule has 3 unspecified atom stereocenters. The Bertz CT molecular complexity index is 185. The number of nitrogens with zero attached hydrogens (tertiary/aromatic N) is 2. The van der Waals surface area contributed by atoms with E-state index >= 15 is 0 Å².